The van der Waals surface area contributed by atoms with E-state index in [1.54, 1.807) is 11.1 Å². The van der Waals surface area contributed by atoms with Crippen LogP contribution in [-0.2, 0) is 0 Å². The van der Waals surface area contributed by atoms with Gasteiger partial charge in [0.2, 0.25) is 0 Å². The summed E-state index contributed by atoms with van der Waals surface area (Å²) in [4.78, 5) is 0. The van der Waals surface area contributed by atoms with Crippen molar-refractivity contribution in [1.82, 2.24) is 0 Å². The van der Waals surface area contributed by atoms with Crippen LogP contribution in [0.4, 0.5) is 0 Å². The molecule has 0 aliphatic heterocycles. The van der Waals surface area contributed by atoms with E-state index >= 15 is 0 Å². The van der Waals surface area contributed by atoms with Crippen molar-refractivity contribution in [2.75, 3.05) is 0 Å². The lowest BCUT2D eigenvalue weighted by atomic mass is 9.77. The zero-order chi connectivity index (χ0) is 14.2. The maximum absolute atomic E-state index is 2.37. The summed E-state index contributed by atoms with van der Waals surface area (Å²) < 4.78 is 0. The Morgan fingerprint density at radius 2 is 1.00 bits per heavy atom. The van der Waals surface area contributed by atoms with Crippen LogP contribution in [0.2, 0.25) is 0 Å². The van der Waals surface area contributed by atoms with E-state index in [0.717, 1.165) is 0 Å². The third-order valence-electron chi connectivity index (χ3n) is 4.77. The summed E-state index contributed by atoms with van der Waals surface area (Å²) in [5, 5.41) is 0. The van der Waals surface area contributed by atoms with E-state index in [9.17, 15) is 0 Å². The Bertz CT molecular complexity index is 436. The molecule has 0 radical (unpaired) electrons. The van der Waals surface area contributed by atoms with Crippen LogP contribution in [0.15, 0.2) is 0 Å². The monoisotopic (exact) mass is 246 g/mol. The van der Waals surface area contributed by atoms with Crippen LogP contribution in [0, 0.1) is 33.6 Å². The quantitative estimate of drug-likeness (QED) is 0.632. The van der Waals surface area contributed by atoms with Crippen LogP contribution in [0.5, 0.6) is 0 Å². The summed E-state index contributed by atoms with van der Waals surface area (Å²) in [6, 6.07) is 0. The Morgan fingerprint density at radius 1 is 0.556 bits per heavy atom. The molecule has 0 fully saturated rings. The van der Waals surface area contributed by atoms with Gasteiger partial charge in [0.05, 0.1) is 0 Å². The van der Waals surface area contributed by atoms with Gasteiger partial charge < -0.3 is 0 Å². The van der Waals surface area contributed by atoms with E-state index in [0.29, 0.717) is 17.8 Å². The SMILES string of the molecule is Cc1c(C)c(C(C)C)c(C)c(C(C)C(C)C)c1C. The topological polar surface area (TPSA) is 0 Å². The maximum Gasteiger partial charge on any atom is -0.0162 e. The highest BCUT2D eigenvalue weighted by molar-refractivity contribution is 5.52. The molecule has 0 amide bonds. The molecular formula is C18H30. The van der Waals surface area contributed by atoms with E-state index in [4.69, 9.17) is 0 Å². The zero-order valence-electron chi connectivity index (χ0n) is 13.7. The first kappa shape index (κ1) is 15.3. The molecule has 0 saturated carbocycles. The fourth-order valence-corrected chi connectivity index (χ4v) is 3.28. The van der Waals surface area contributed by atoms with Crippen molar-refractivity contribution < 1.29 is 0 Å². The molecule has 0 heterocycles. The van der Waals surface area contributed by atoms with Crippen molar-refractivity contribution in [1.29, 1.82) is 0 Å². The van der Waals surface area contributed by atoms with Gasteiger partial charge in [-0.2, -0.15) is 0 Å². The van der Waals surface area contributed by atoms with Crippen LogP contribution in [0.1, 0.15) is 79.8 Å². The van der Waals surface area contributed by atoms with Crippen molar-refractivity contribution in [2.24, 2.45) is 5.92 Å². The summed E-state index contributed by atoms with van der Waals surface area (Å²) >= 11 is 0. The molecule has 0 aliphatic carbocycles. The smallest absolute Gasteiger partial charge is 0.0162 e. The molecule has 1 aromatic carbocycles. The molecule has 0 N–H and O–H groups in total. The summed E-state index contributed by atoms with van der Waals surface area (Å²) in [5.74, 6) is 1.95. The Balaban J connectivity index is 3.62. The number of rotatable bonds is 3. The van der Waals surface area contributed by atoms with Gasteiger partial charge in [0.25, 0.3) is 0 Å². The first-order chi connectivity index (χ1) is 8.20. The molecule has 0 nitrogen and oxygen atoms in total. The van der Waals surface area contributed by atoms with Gasteiger partial charge in [0.1, 0.15) is 0 Å². The van der Waals surface area contributed by atoms with Crippen LogP contribution in [0.25, 0.3) is 0 Å². The van der Waals surface area contributed by atoms with E-state index in [1.165, 1.54) is 22.3 Å². The van der Waals surface area contributed by atoms with Crippen LogP contribution < -0.4 is 0 Å². The second-order valence-corrected chi connectivity index (χ2v) is 6.51. The van der Waals surface area contributed by atoms with E-state index in [2.05, 4.69) is 62.3 Å². The minimum Gasteiger partial charge on any atom is -0.0622 e. The first-order valence-corrected chi connectivity index (χ1v) is 7.30. The van der Waals surface area contributed by atoms with Gasteiger partial charge in [-0.1, -0.05) is 34.6 Å². The lowest BCUT2D eigenvalue weighted by Gasteiger charge is -2.28. The second-order valence-electron chi connectivity index (χ2n) is 6.51. The molecule has 1 aromatic rings. The summed E-state index contributed by atoms with van der Waals surface area (Å²) in [7, 11) is 0. The molecule has 1 rings (SSSR count). The predicted octanol–water partition coefficient (Wildman–Crippen LogP) is 5.80. The normalized spacial score (nSPS) is 13.5. The Morgan fingerprint density at radius 3 is 1.39 bits per heavy atom. The molecule has 0 aliphatic rings. The van der Waals surface area contributed by atoms with Gasteiger partial charge in [-0.05, 0) is 78.8 Å². The average Bonchev–Trinajstić information content (AvgIpc) is 2.25. The summed E-state index contributed by atoms with van der Waals surface area (Å²) in [5.41, 5.74) is 9.20. The van der Waals surface area contributed by atoms with Crippen molar-refractivity contribution >= 4 is 0 Å². The third kappa shape index (κ3) is 2.48. The number of benzene rings is 1. The zero-order valence-corrected chi connectivity index (χ0v) is 13.7. The number of hydrogen-bond acceptors (Lipinski definition) is 0. The van der Waals surface area contributed by atoms with Gasteiger partial charge in [0, 0.05) is 0 Å². The molecule has 0 heteroatoms. The van der Waals surface area contributed by atoms with E-state index in [1.807, 2.05) is 0 Å². The highest BCUT2D eigenvalue weighted by Crippen LogP contribution is 2.37. The molecule has 1 atom stereocenters. The van der Waals surface area contributed by atoms with Gasteiger partial charge in [0.15, 0.2) is 0 Å². The van der Waals surface area contributed by atoms with E-state index in [-0.39, 0.29) is 0 Å². The van der Waals surface area contributed by atoms with Crippen molar-refractivity contribution in [2.45, 2.75) is 74.1 Å². The van der Waals surface area contributed by atoms with Crippen LogP contribution in [-0.4, -0.2) is 0 Å². The fourth-order valence-electron chi connectivity index (χ4n) is 3.28. The Hall–Kier alpha value is -0.780. The standard InChI is InChI=1S/C18H30/c1-10(2)12(5)18-15(8)13(6)14(7)17(11(3)4)16(18)9/h10-12H,1-9H3. The van der Waals surface area contributed by atoms with Gasteiger partial charge in [-0.3, -0.25) is 0 Å². The van der Waals surface area contributed by atoms with Crippen LogP contribution in [0.3, 0.4) is 0 Å². The Labute approximate surface area is 114 Å². The minimum absolute atomic E-state index is 0.613. The summed E-state index contributed by atoms with van der Waals surface area (Å²) in [6.07, 6.45) is 0. The van der Waals surface area contributed by atoms with Crippen molar-refractivity contribution in [3.05, 3.63) is 33.4 Å². The fraction of sp³-hybridized carbons (Fsp3) is 0.667. The molecule has 0 saturated heterocycles. The molecule has 0 aromatic heterocycles. The maximum atomic E-state index is 2.37. The molecule has 18 heavy (non-hydrogen) atoms. The van der Waals surface area contributed by atoms with Crippen molar-refractivity contribution in [3.8, 4) is 0 Å². The lowest BCUT2D eigenvalue weighted by molar-refractivity contribution is 0.529. The van der Waals surface area contributed by atoms with Crippen molar-refractivity contribution in [3.63, 3.8) is 0 Å². The third-order valence-corrected chi connectivity index (χ3v) is 4.77. The Kier molecular flexibility index (Phi) is 4.64. The minimum atomic E-state index is 0.613. The highest BCUT2D eigenvalue weighted by atomic mass is 14.3. The number of hydrogen-bond donors (Lipinski definition) is 0. The highest BCUT2D eigenvalue weighted by Gasteiger charge is 2.21. The molecular weight excluding hydrogens is 216 g/mol. The molecule has 102 valence electrons. The lowest BCUT2D eigenvalue weighted by Crippen LogP contribution is -2.12. The van der Waals surface area contributed by atoms with Gasteiger partial charge in [-0.25, -0.2) is 0 Å². The molecule has 1 unspecified atom stereocenters. The largest absolute Gasteiger partial charge is 0.0622 e. The average molecular weight is 246 g/mol. The molecule has 0 bridgehead atoms. The van der Waals surface area contributed by atoms with Gasteiger partial charge >= 0.3 is 0 Å². The molecule has 0 spiro atoms. The summed E-state index contributed by atoms with van der Waals surface area (Å²) in [6.45, 7) is 20.8. The first-order valence-electron chi connectivity index (χ1n) is 7.30. The van der Waals surface area contributed by atoms with E-state index < -0.39 is 0 Å². The van der Waals surface area contributed by atoms with Crippen LogP contribution >= 0.6 is 0 Å². The second kappa shape index (κ2) is 5.47. The predicted molar refractivity (Wildman–Crippen MR) is 82.7 cm³/mol. The van der Waals surface area contributed by atoms with Gasteiger partial charge in [-0.15, -0.1) is 0 Å².